The number of benzene rings is 1. The highest BCUT2D eigenvalue weighted by molar-refractivity contribution is 7.91. The molecule has 140 valence electrons. The Labute approximate surface area is 152 Å². The van der Waals surface area contributed by atoms with Crippen LogP contribution in [0.15, 0.2) is 24.5 Å². The second-order valence-electron chi connectivity index (χ2n) is 6.81. The van der Waals surface area contributed by atoms with E-state index in [0.29, 0.717) is 18.7 Å². The molecule has 4 rings (SSSR count). The van der Waals surface area contributed by atoms with Crippen molar-refractivity contribution >= 4 is 9.84 Å². The SMILES string of the molecule is CN(CCc1ncnn1Cc1ccc2c(c1)OCO2)[C@@H]1CCS(=O)(=O)C1. The summed E-state index contributed by atoms with van der Waals surface area (Å²) in [5.41, 5.74) is 1.07. The van der Waals surface area contributed by atoms with Crippen LogP contribution in [0.4, 0.5) is 0 Å². The molecular formula is C17H22N4O4S. The van der Waals surface area contributed by atoms with Crippen LogP contribution in [-0.4, -0.2) is 66.0 Å². The zero-order chi connectivity index (χ0) is 18.1. The summed E-state index contributed by atoms with van der Waals surface area (Å²) in [5, 5.41) is 4.32. The highest BCUT2D eigenvalue weighted by Crippen LogP contribution is 2.32. The summed E-state index contributed by atoms with van der Waals surface area (Å²) in [6.45, 7) is 1.62. The highest BCUT2D eigenvalue weighted by Gasteiger charge is 2.30. The van der Waals surface area contributed by atoms with Crippen LogP contribution in [0.5, 0.6) is 11.5 Å². The lowest BCUT2D eigenvalue weighted by Crippen LogP contribution is -2.34. The topological polar surface area (TPSA) is 86.6 Å². The lowest BCUT2D eigenvalue weighted by molar-refractivity contribution is 0.174. The van der Waals surface area contributed by atoms with Gasteiger partial charge in [0.15, 0.2) is 21.3 Å². The largest absolute Gasteiger partial charge is 0.454 e. The standard InChI is InChI=1S/C17H22N4O4S/c1-20(14-5-7-26(22,23)10-14)6-4-17-18-11-19-21(17)9-13-2-3-15-16(8-13)25-12-24-15/h2-3,8,11,14H,4-7,9-10,12H2,1H3/t14-/m1/s1. The Morgan fingerprint density at radius 3 is 2.96 bits per heavy atom. The average molecular weight is 378 g/mol. The molecule has 9 heteroatoms. The summed E-state index contributed by atoms with van der Waals surface area (Å²) >= 11 is 0. The highest BCUT2D eigenvalue weighted by atomic mass is 32.2. The van der Waals surface area contributed by atoms with Crippen LogP contribution in [0.2, 0.25) is 0 Å². The first-order valence-corrected chi connectivity index (χ1v) is 10.5. The minimum Gasteiger partial charge on any atom is -0.454 e. The maximum Gasteiger partial charge on any atom is 0.231 e. The molecule has 0 spiro atoms. The zero-order valence-corrected chi connectivity index (χ0v) is 15.5. The average Bonchev–Trinajstić information content (AvgIpc) is 3.32. The van der Waals surface area contributed by atoms with Gasteiger partial charge in [-0.3, -0.25) is 0 Å². The number of fused-ring (bicyclic) bond motifs is 1. The van der Waals surface area contributed by atoms with Crippen molar-refractivity contribution in [2.75, 3.05) is 31.9 Å². The number of likely N-dealkylation sites (N-methyl/N-ethyl adjacent to an activating group) is 1. The maximum atomic E-state index is 11.6. The Morgan fingerprint density at radius 2 is 2.15 bits per heavy atom. The lowest BCUT2D eigenvalue weighted by Gasteiger charge is -2.22. The molecule has 1 saturated heterocycles. The van der Waals surface area contributed by atoms with E-state index < -0.39 is 9.84 Å². The normalized spacial score (nSPS) is 20.8. The minimum absolute atomic E-state index is 0.102. The summed E-state index contributed by atoms with van der Waals surface area (Å²) in [4.78, 5) is 6.48. The molecule has 2 aliphatic heterocycles. The van der Waals surface area contributed by atoms with Gasteiger partial charge in [-0.05, 0) is 31.2 Å². The van der Waals surface area contributed by atoms with Crippen molar-refractivity contribution in [2.24, 2.45) is 0 Å². The van der Waals surface area contributed by atoms with Gasteiger partial charge in [0.25, 0.3) is 0 Å². The van der Waals surface area contributed by atoms with Gasteiger partial charge in [0.1, 0.15) is 12.2 Å². The molecule has 2 aromatic rings. The van der Waals surface area contributed by atoms with E-state index in [1.54, 1.807) is 6.33 Å². The van der Waals surface area contributed by atoms with E-state index in [2.05, 4.69) is 15.0 Å². The number of rotatable bonds is 6. The molecule has 1 aromatic carbocycles. The number of aromatic nitrogens is 3. The molecule has 0 unspecified atom stereocenters. The van der Waals surface area contributed by atoms with Gasteiger partial charge in [0, 0.05) is 19.0 Å². The van der Waals surface area contributed by atoms with E-state index in [1.165, 1.54) is 0 Å². The van der Waals surface area contributed by atoms with Gasteiger partial charge in [0.05, 0.1) is 18.1 Å². The predicted octanol–water partition coefficient (Wildman–Crippen LogP) is 0.716. The molecular weight excluding hydrogens is 356 g/mol. The van der Waals surface area contributed by atoms with E-state index >= 15 is 0 Å². The molecule has 0 bridgehead atoms. The van der Waals surface area contributed by atoms with Crippen molar-refractivity contribution in [3.8, 4) is 11.5 Å². The van der Waals surface area contributed by atoms with Crippen molar-refractivity contribution < 1.29 is 17.9 Å². The summed E-state index contributed by atoms with van der Waals surface area (Å²) in [6, 6.07) is 5.96. The van der Waals surface area contributed by atoms with Gasteiger partial charge in [-0.25, -0.2) is 18.1 Å². The lowest BCUT2D eigenvalue weighted by atomic mass is 10.2. The number of hydrogen-bond acceptors (Lipinski definition) is 7. The van der Waals surface area contributed by atoms with Crippen molar-refractivity contribution in [3.05, 3.63) is 35.9 Å². The summed E-state index contributed by atoms with van der Waals surface area (Å²) in [7, 11) is -0.887. The second-order valence-corrected chi connectivity index (χ2v) is 9.04. The van der Waals surface area contributed by atoms with Crippen molar-refractivity contribution in [2.45, 2.75) is 25.4 Å². The van der Waals surface area contributed by atoms with Gasteiger partial charge in [-0.1, -0.05) is 6.07 Å². The van der Waals surface area contributed by atoms with Gasteiger partial charge in [-0.2, -0.15) is 5.10 Å². The third-order valence-electron chi connectivity index (χ3n) is 4.98. The molecule has 0 N–H and O–H groups in total. The number of hydrogen-bond donors (Lipinski definition) is 0. The number of sulfone groups is 1. The fourth-order valence-corrected chi connectivity index (χ4v) is 5.21. The van der Waals surface area contributed by atoms with E-state index in [0.717, 1.165) is 35.9 Å². The molecule has 8 nitrogen and oxygen atoms in total. The third kappa shape index (κ3) is 3.68. The van der Waals surface area contributed by atoms with Gasteiger partial charge in [-0.15, -0.1) is 0 Å². The molecule has 0 amide bonds. The van der Waals surface area contributed by atoms with Crippen LogP contribution >= 0.6 is 0 Å². The molecule has 2 aliphatic rings. The van der Waals surface area contributed by atoms with Crippen LogP contribution < -0.4 is 9.47 Å². The van der Waals surface area contributed by atoms with E-state index in [4.69, 9.17) is 9.47 Å². The fraction of sp³-hybridized carbons (Fsp3) is 0.529. The Kier molecular flexibility index (Phi) is 4.58. The first kappa shape index (κ1) is 17.3. The fourth-order valence-electron chi connectivity index (χ4n) is 3.41. The molecule has 1 aromatic heterocycles. The van der Waals surface area contributed by atoms with Crippen molar-refractivity contribution in [3.63, 3.8) is 0 Å². The monoisotopic (exact) mass is 378 g/mol. The van der Waals surface area contributed by atoms with Gasteiger partial charge in [0.2, 0.25) is 6.79 Å². The Morgan fingerprint density at radius 1 is 1.31 bits per heavy atom. The van der Waals surface area contributed by atoms with E-state index in [-0.39, 0.29) is 18.6 Å². The Hall–Kier alpha value is -2.13. The maximum absolute atomic E-state index is 11.6. The minimum atomic E-state index is -2.86. The van der Waals surface area contributed by atoms with Gasteiger partial charge >= 0.3 is 0 Å². The van der Waals surface area contributed by atoms with Crippen LogP contribution in [0.25, 0.3) is 0 Å². The Bertz CT molecular complexity index is 896. The zero-order valence-electron chi connectivity index (χ0n) is 14.7. The molecule has 3 heterocycles. The molecule has 0 radical (unpaired) electrons. The second kappa shape index (κ2) is 6.88. The predicted molar refractivity (Wildman–Crippen MR) is 95.1 cm³/mol. The Balaban J connectivity index is 1.38. The van der Waals surface area contributed by atoms with Crippen LogP contribution in [0, 0.1) is 0 Å². The summed E-state index contributed by atoms with van der Waals surface area (Å²) < 4.78 is 35.9. The number of ether oxygens (including phenoxy) is 2. The van der Waals surface area contributed by atoms with Crippen LogP contribution in [0.3, 0.4) is 0 Å². The summed E-state index contributed by atoms with van der Waals surface area (Å²) in [6.07, 6.45) is 2.99. The first-order valence-electron chi connectivity index (χ1n) is 8.66. The number of nitrogens with zero attached hydrogens (tertiary/aromatic N) is 4. The third-order valence-corrected chi connectivity index (χ3v) is 6.74. The van der Waals surface area contributed by atoms with Crippen LogP contribution in [0.1, 0.15) is 17.8 Å². The smallest absolute Gasteiger partial charge is 0.231 e. The van der Waals surface area contributed by atoms with Crippen molar-refractivity contribution in [1.29, 1.82) is 0 Å². The molecule has 0 saturated carbocycles. The van der Waals surface area contributed by atoms with E-state index in [9.17, 15) is 8.42 Å². The summed E-state index contributed by atoms with van der Waals surface area (Å²) in [5.74, 6) is 2.96. The first-order chi connectivity index (χ1) is 12.5. The molecule has 0 aliphatic carbocycles. The van der Waals surface area contributed by atoms with Gasteiger partial charge < -0.3 is 14.4 Å². The quantitative estimate of drug-likeness (QED) is 0.732. The molecule has 1 fully saturated rings. The van der Waals surface area contributed by atoms with E-state index in [1.807, 2.05) is 29.9 Å². The molecule has 1 atom stereocenters. The molecule has 26 heavy (non-hydrogen) atoms. The van der Waals surface area contributed by atoms with Crippen molar-refractivity contribution in [1.82, 2.24) is 19.7 Å². The van der Waals surface area contributed by atoms with Crippen LogP contribution in [-0.2, 0) is 22.8 Å².